The molecule has 4 nitrogen and oxygen atoms in total. The van der Waals surface area contributed by atoms with Crippen molar-refractivity contribution in [3.63, 3.8) is 0 Å². The van der Waals surface area contributed by atoms with Crippen LogP contribution >= 0.6 is 0 Å². The Labute approximate surface area is 232 Å². The molecule has 1 unspecified atom stereocenters. The molecule has 39 heavy (non-hydrogen) atoms. The van der Waals surface area contributed by atoms with Crippen molar-refractivity contribution in [2.45, 2.75) is 40.4 Å². The van der Waals surface area contributed by atoms with Crippen molar-refractivity contribution < 1.29 is 18.9 Å². The molecule has 4 rings (SSSR count). The Kier molecular flexibility index (Phi) is 10.2. The first-order chi connectivity index (χ1) is 19.0. The van der Waals surface area contributed by atoms with Gasteiger partial charge in [0.2, 0.25) is 0 Å². The summed E-state index contributed by atoms with van der Waals surface area (Å²) < 4.78 is 24.3. The molecule has 0 aliphatic carbocycles. The van der Waals surface area contributed by atoms with Gasteiger partial charge in [-0.15, -0.1) is 0 Å². The van der Waals surface area contributed by atoms with Gasteiger partial charge in [0.1, 0.15) is 12.4 Å². The van der Waals surface area contributed by atoms with E-state index in [1.807, 2.05) is 62.4 Å². The molecule has 4 heteroatoms. The largest absolute Gasteiger partial charge is 0.490 e. The Bertz CT molecular complexity index is 1280. The lowest BCUT2D eigenvalue weighted by molar-refractivity contribution is -0.0748. The molecule has 4 aromatic rings. The second-order valence-corrected chi connectivity index (χ2v) is 9.52. The molecule has 0 aliphatic rings. The van der Waals surface area contributed by atoms with Gasteiger partial charge >= 0.3 is 0 Å². The van der Waals surface area contributed by atoms with Gasteiger partial charge in [0, 0.05) is 11.1 Å². The van der Waals surface area contributed by atoms with Crippen molar-refractivity contribution in [3.8, 4) is 39.5 Å². The zero-order valence-corrected chi connectivity index (χ0v) is 23.4. The third-order valence-electron chi connectivity index (χ3n) is 6.21. The molecule has 0 aromatic heterocycles. The monoisotopic (exact) mass is 522 g/mol. The first-order valence-corrected chi connectivity index (χ1v) is 13.6. The molecule has 0 N–H and O–H groups in total. The van der Waals surface area contributed by atoms with Crippen molar-refractivity contribution in [2.24, 2.45) is 0 Å². The van der Waals surface area contributed by atoms with E-state index in [4.69, 9.17) is 18.9 Å². The Hall–Kier alpha value is -4.02. The summed E-state index contributed by atoms with van der Waals surface area (Å²) in [5.41, 5.74) is 6.80. The Morgan fingerprint density at radius 1 is 0.718 bits per heavy atom. The molecule has 0 bridgehead atoms. The van der Waals surface area contributed by atoms with Crippen LogP contribution in [0.4, 0.5) is 0 Å². The maximum Gasteiger partial charge on any atom is 0.197 e. The predicted molar refractivity (Wildman–Crippen MR) is 160 cm³/mol. The van der Waals surface area contributed by atoms with Gasteiger partial charge < -0.3 is 18.9 Å². The standard InChI is InChI=1S/C35H38O4/c1-5-36-34-25-28(20-19-26(2)3)21-22-33(34)39-27(4)37-23-24-38-35-31(29-13-8-6-9-14-29)17-12-18-32(35)30-15-10-7-11-16-30/h6-19,21-22,25,27H,5,20,23-24H2,1-4H3. The minimum atomic E-state index is -0.464. The zero-order chi connectivity index (χ0) is 27.5. The number of hydrogen-bond acceptors (Lipinski definition) is 4. The molecule has 4 aromatic carbocycles. The van der Waals surface area contributed by atoms with Crippen LogP contribution in [0.25, 0.3) is 22.3 Å². The van der Waals surface area contributed by atoms with Gasteiger partial charge in [0.25, 0.3) is 0 Å². The first-order valence-electron chi connectivity index (χ1n) is 13.6. The summed E-state index contributed by atoms with van der Waals surface area (Å²) in [7, 11) is 0. The second-order valence-electron chi connectivity index (χ2n) is 9.52. The van der Waals surface area contributed by atoms with Crippen LogP contribution in [0, 0.1) is 0 Å². The smallest absolute Gasteiger partial charge is 0.197 e. The molecule has 0 spiro atoms. The second kappa shape index (κ2) is 14.2. The third kappa shape index (κ3) is 7.98. The predicted octanol–water partition coefficient (Wildman–Crippen LogP) is 8.75. The molecule has 0 amide bonds. The van der Waals surface area contributed by atoms with E-state index in [-0.39, 0.29) is 0 Å². The first kappa shape index (κ1) is 28.0. The molecule has 202 valence electrons. The lowest BCUT2D eigenvalue weighted by Gasteiger charge is -2.20. The topological polar surface area (TPSA) is 36.9 Å². The normalized spacial score (nSPS) is 11.5. The summed E-state index contributed by atoms with van der Waals surface area (Å²) in [5.74, 6) is 2.25. The van der Waals surface area contributed by atoms with E-state index in [0.717, 1.165) is 40.2 Å². The Morgan fingerprint density at radius 2 is 1.36 bits per heavy atom. The Morgan fingerprint density at radius 3 is 1.95 bits per heavy atom. The van der Waals surface area contributed by atoms with Crippen molar-refractivity contribution in [1.29, 1.82) is 0 Å². The van der Waals surface area contributed by atoms with Gasteiger partial charge in [-0.3, -0.25) is 0 Å². The van der Waals surface area contributed by atoms with Gasteiger partial charge in [-0.2, -0.15) is 0 Å². The summed E-state index contributed by atoms with van der Waals surface area (Å²) in [4.78, 5) is 0. The van der Waals surface area contributed by atoms with Crippen LogP contribution in [0.3, 0.4) is 0 Å². The summed E-state index contributed by atoms with van der Waals surface area (Å²) >= 11 is 0. The van der Waals surface area contributed by atoms with E-state index < -0.39 is 6.29 Å². The van der Waals surface area contributed by atoms with Crippen molar-refractivity contribution in [1.82, 2.24) is 0 Å². The van der Waals surface area contributed by atoms with Crippen LogP contribution in [0.2, 0.25) is 0 Å². The molecular weight excluding hydrogens is 484 g/mol. The van der Waals surface area contributed by atoms with Gasteiger partial charge in [0.15, 0.2) is 17.8 Å². The maximum atomic E-state index is 6.39. The molecule has 0 fully saturated rings. The zero-order valence-electron chi connectivity index (χ0n) is 23.4. The average Bonchev–Trinajstić information content (AvgIpc) is 2.96. The molecular formula is C35H38O4. The summed E-state index contributed by atoms with van der Waals surface area (Å²) in [6, 6.07) is 33.0. The average molecular weight is 523 g/mol. The van der Waals surface area contributed by atoms with Gasteiger partial charge in [-0.05, 0) is 62.9 Å². The fraction of sp³-hybridized carbons (Fsp3) is 0.257. The molecule has 0 heterocycles. The van der Waals surface area contributed by atoms with E-state index in [9.17, 15) is 0 Å². The highest BCUT2D eigenvalue weighted by Crippen LogP contribution is 2.39. The van der Waals surface area contributed by atoms with Crippen LogP contribution < -0.4 is 14.2 Å². The van der Waals surface area contributed by atoms with Crippen LogP contribution in [-0.4, -0.2) is 26.1 Å². The van der Waals surface area contributed by atoms with E-state index in [0.29, 0.717) is 25.6 Å². The molecule has 0 aliphatic heterocycles. The Balaban J connectivity index is 1.42. The van der Waals surface area contributed by atoms with E-state index in [1.165, 1.54) is 11.1 Å². The van der Waals surface area contributed by atoms with Crippen LogP contribution in [0.1, 0.15) is 33.3 Å². The molecule has 1 atom stereocenters. The number of benzene rings is 4. The van der Waals surface area contributed by atoms with E-state index >= 15 is 0 Å². The fourth-order valence-electron chi connectivity index (χ4n) is 4.32. The van der Waals surface area contributed by atoms with Crippen LogP contribution in [0.5, 0.6) is 17.2 Å². The van der Waals surface area contributed by atoms with Crippen LogP contribution in [-0.2, 0) is 11.2 Å². The van der Waals surface area contributed by atoms with Crippen LogP contribution in [0.15, 0.2) is 109 Å². The summed E-state index contributed by atoms with van der Waals surface area (Å²) in [6.45, 7) is 9.40. The van der Waals surface area contributed by atoms with Gasteiger partial charge in [-0.1, -0.05) is 96.6 Å². The minimum Gasteiger partial charge on any atom is -0.490 e. The highest BCUT2D eigenvalue weighted by molar-refractivity contribution is 5.82. The number of para-hydroxylation sites is 1. The summed E-state index contributed by atoms with van der Waals surface area (Å²) in [5, 5.41) is 0. The number of rotatable bonds is 13. The summed E-state index contributed by atoms with van der Waals surface area (Å²) in [6.07, 6.45) is 2.60. The molecule has 0 saturated carbocycles. The van der Waals surface area contributed by atoms with Crippen molar-refractivity contribution in [3.05, 3.63) is 114 Å². The highest BCUT2D eigenvalue weighted by Gasteiger charge is 2.15. The van der Waals surface area contributed by atoms with Gasteiger partial charge in [-0.25, -0.2) is 0 Å². The third-order valence-corrected chi connectivity index (χ3v) is 6.21. The van der Waals surface area contributed by atoms with Crippen molar-refractivity contribution in [2.75, 3.05) is 19.8 Å². The van der Waals surface area contributed by atoms with Crippen molar-refractivity contribution >= 4 is 0 Å². The molecule has 0 radical (unpaired) electrons. The lowest BCUT2D eigenvalue weighted by atomic mass is 9.97. The number of allylic oxidation sites excluding steroid dienone is 2. The molecule has 0 saturated heterocycles. The number of ether oxygens (including phenoxy) is 4. The maximum absolute atomic E-state index is 6.39. The number of hydrogen-bond donors (Lipinski definition) is 0. The fourth-order valence-corrected chi connectivity index (χ4v) is 4.32. The SMILES string of the molecule is CCOc1cc(CC=C(C)C)ccc1OC(C)OCCOc1c(-c2ccccc2)cccc1-c1ccccc1. The lowest BCUT2D eigenvalue weighted by Crippen LogP contribution is -2.20. The quantitative estimate of drug-likeness (QED) is 0.0999. The van der Waals surface area contributed by atoms with E-state index in [1.54, 1.807) is 0 Å². The van der Waals surface area contributed by atoms with Gasteiger partial charge in [0.05, 0.1) is 13.2 Å². The highest BCUT2D eigenvalue weighted by atomic mass is 16.7. The minimum absolute atomic E-state index is 0.376. The van der Waals surface area contributed by atoms with E-state index in [2.05, 4.69) is 68.5 Å².